The van der Waals surface area contributed by atoms with Crippen LogP contribution in [0.4, 0.5) is 19.3 Å². The molecule has 0 radical (unpaired) electrons. The molecule has 2 saturated carbocycles. The van der Waals surface area contributed by atoms with E-state index in [2.05, 4.69) is 23.2 Å². The highest BCUT2D eigenvalue weighted by atomic mass is 35.5. The van der Waals surface area contributed by atoms with Crippen molar-refractivity contribution in [3.63, 3.8) is 0 Å². The molecule has 2 amide bonds. The van der Waals surface area contributed by atoms with Crippen molar-refractivity contribution in [1.29, 1.82) is 0 Å². The maximum atomic E-state index is 12.5. The number of urea groups is 1. The van der Waals surface area contributed by atoms with Gasteiger partial charge in [0.25, 0.3) is 0 Å². The van der Waals surface area contributed by atoms with Crippen molar-refractivity contribution in [3.8, 4) is 0 Å². The first-order chi connectivity index (χ1) is 12.0. The molecule has 2 heterocycles. The second kappa shape index (κ2) is 7.90. The van der Waals surface area contributed by atoms with Crippen LogP contribution in [0, 0.1) is 5.92 Å². The third-order valence-corrected chi connectivity index (χ3v) is 6.05. The van der Waals surface area contributed by atoms with Crippen LogP contribution in [0.3, 0.4) is 0 Å². The van der Waals surface area contributed by atoms with Gasteiger partial charge in [-0.25, -0.2) is 13.6 Å². The first kappa shape index (κ1) is 18.4. The number of benzene rings is 1. The molecule has 1 aromatic rings. The Morgan fingerprint density at radius 2 is 1.88 bits per heavy atom. The Kier molecular flexibility index (Phi) is 5.82. The average molecular weight is 371 g/mol. The van der Waals surface area contributed by atoms with E-state index in [9.17, 15) is 13.6 Å². The molecule has 25 heavy (non-hydrogen) atoms. The van der Waals surface area contributed by atoms with Gasteiger partial charge in [0.2, 0.25) is 6.93 Å². The van der Waals surface area contributed by atoms with Gasteiger partial charge in [-0.3, -0.25) is 0 Å². The van der Waals surface area contributed by atoms with Crippen LogP contribution < -0.4 is 5.32 Å². The summed E-state index contributed by atoms with van der Waals surface area (Å²) < 4.78 is 19.2. The van der Waals surface area contributed by atoms with Gasteiger partial charge < -0.3 is 10.2 Å². The van der Waals surface area contributed by atoms with Crippen LogP contribution in [0.25, 0.3) is 0 Å². The number of rotatable bonds is 2. The number of anilines is 1. The molecule has 2 aliphatic carbocycles. The Bertz CT molecular complexity index is 611. The van der Waals surface area contributed by atoms with Gasteiger partial charge in [0.1, 0.15) is 0 Å². The molecule has 0 spiro atoms. The number of amides is 2. The lowest BCUT2D eigenvalue weighted by molar-refractivity contribution is -0.00601. The molecule has 2 unspecified atom stereocenters. The van der Waals surface area contributed by atoms with Crippen LogP contribution in [0.5, 0.6) is 0 Å². The van der Waals surface area contributed by atoms with Crippen LogP contribution in [-0.4, -0.2) is 29.9 Å². The summed E-state index contributed by atoms with van der Waals surface area (Å²) in [5, 5.41) is 3.92. The van der Waals surface area contributed by atoms with E-state index in [1.165, 1.54) is 31.2 Å². The summed E-state index contributed by atoms with van der Waals surface area (Å²) in [6, 6.07) is 6.88. The van der Waals surface area contributed by atoms with E-state index in [0.717, 1.165) is 29.5 Å². The molecular weight excluding hydrogens is 346 g/mol. The maximum Gasteiger partial charge on any atom is 0.322 e. The number of piperidine rings is 1. The van der Waals surface area contributed by atoms with Crippen molar-refractivity contribution in [2.24, 2.45) is 5.92 Å². The molecule has 2 bridgehead atoms. The Morgan fingerprint density at radius 3 is 2.44 bits per heavy atom. The van der Waals surface area contributed by atoms with Gasteiger partial charge in [-0.1, -0.05) is 24.9 Å². The van der Waals surface area contributed by atoms with Crippen LogP contribution in [0.1, 0.15) is 56.9 Å². The fraction of sp³-hybridized carbons (Fsp3) is 0.632. The Morgan fingerprint density at radius 1 is 1.24 bits per heavy atom. The lowest BCUT2D eigenvalue weighted by atomic mass is 9.74. The van der Waals surface area contributed by atoms with Gasteiger partial charge in [-0.2, -0.15) is 0 Å². The van der Waals surface area contributed by atoms with Gasteiger partial charge >= 0.3 is 6.03 Å². The summed E-state index contributed by atoms with van der Waals surface area (Å²) in [6.07, 6.45) is 7.20. The van der Waals surface area contributed by atoms with Crippen LogP contribution in [0.2, 0.25) is 5.02 Å². The Balaban J connectivity index is 0.000000569. The van der Waals surface area contributed by atoms with Gasteiger partial charge in [0.05, 0.1) is 0 Å². The summed E-state index contributed by atoms with van der Waals surface area (Å²) in [5.41, 5.74) is 2.08. The highest BCUT2D eigenvalue weighted by molar-refractivity contribution is 6.31. The Hall–Kier alpha value is -1.36. The number of carbonyl (C=O) groups excluding carboxylic acids is 1. The third kappa shape index (κ3) is 3.91. The number of fused-ring (bicyclic) bond motifs is 2. The minimum Gasteiger partial charge on any atom is -0.318 e. The van der Waals surface area contributed by atoms with Crippen molar-refractivity contribution in [2.75, 3.05) is 12.2 Å². The third-order valence-electron chi connectivity index (χ3n) is 5.71. The highest BCUT2D eigenvalue weighted by Crippen LogP contribution is 2.42. The molecular formula is C19H25ClF2N2O. The number of nitrogens with one attached hydrogen (secondary N) is 1. The molecule has 1 aromatic carbocycles. The SMILES string of the molecule is CC1CC2CC(C1)N2C(=O)Nc1ccc(Cl)c(C2CCC2)c1.FCF. The largest absolute Gasteiger partial charge is 0.322 e. The average Bonchev–Trinajstić information content (AvgIpc) is 2.49. The van der Waals surface area contributed by atoms with E-state index < -0.39 is 6.93 Å². The Labute approximate surface area is 152 Å². The predicted octanol–water partition coefficient (Wildman–Crippen LogP) is 5.90. The molecule has 2 atom stereocenters. The molecule has 6 heteroatoms. The van der Waals surface area contributed by atoms with Crippen molar-refractivity contribution in [3.05, 3.63) is 28.8 Å². The van der Waals surface area contributed by atoms with E-state index in [0.29, 0.717) is 18.0 Å². The molecule has 1 N–H and O–H groups in total. The highest BCUT2D eigenvalue weighted by Gasteiger charge is 2.46. The van der Waals surface area contributed by atoms with E-state index in [1.54, 1.807) is 0 Å². The zero-order valence-corrected chi connectivity index (χ0v) is 15.2. The molecule has 138 valence electrons. The lowest BCUT2D eigenvalue weighted by Crippen LogP contribution is -2.63. The fourth-order valence-corrected chi connectivity index (χ4v) is 4.59. The van der Waals surface area contributed by atoms with E-state index >= 15 is 0 Å². The van der Waals surface area contributed by atoms with E-state index in [1.807, 2.05) is 12.1 Å². The molecule has 5 rings (SSSR count). The number of hydrogen-bond donors (Lipinski definition) is 1. The number of carbonyl (C=O) groups is 1. The number of halogens is 3. The smallest absolute Gasteiger partial charge is 0.318 e. The molecule has 3 nitrogen and oxygen atoms in total. The standard InChI is InChI=1S/C18H23ClN2O.CH2F2/c1-11-7-14-10-15(8-11)21(14)18(22)20-13-5-6-17(19)16(9-13)12-3-2-4-12;2-1-3/h5-6,9,11-12,14-15H,2-4,7-8,10H2,1H3,(H,20,22);1H2. The second-order valence-corrected chi connectivity index (χ2v) is 7.83. The minimum atomic E-state index is -1.75. The zero-order chi connectivity index (χ0) is 18.0. The quantitative estimate of drug-likeness (QED) is 0.691. The van der Waals surface area contributed by atoms with Gasteiger partial charge in [-0.05, 0) is 67.7 Å². The van der Waals surface area contributed by atoms with Crippen molar-refractivity contribution in [1.82, 2.24) is 4.90 Å². The first-order valence-electron chi connectivity index (χ1n) is 9.04. The van der Waals surface area contributed by atoms with Crippen LogP contribution in [-0.2, 0) is 0 Å². The van der Waals surface area contributed by atoms with Crippen molar-refractivity contribution in [2.45, 2.75) is 63.5 Å². The molecule has 2 aliphatic heterocycles. The van der Waals surface area contributed by atoms with Crippen molar-refractivity contribution >= 4 is 23.3 Å². The minimum absolute atomic E-state index is 0.0648. The van der Waals surface area contributed by atoms with Gasteiger partial charge in [0, 0.05) is 22.8 Å². The predicted molar refractivity (Wildman–Crippen MR) is 96.6 cm³/mol. The summed E-state index contributed by atoms with van der Waals surface area (Å²) >= 11 is 6.31. The normalized spacial score (nSPS) is 27.5. The van der Waals surface area contributed by atoms with Crippen LogP contribution in [0.15, 0.2) is 18.2 Å². The zero-order valence-electron chi connectivity index (χ0n) is 14.5. The van der Waals surface area contributed by atoms with Gasteiger partial charge in [-0.15, -0.1) is 0 Å². The fourth-order valence-electron chi connectivity index (χ4n) is 4.32. The summed E-state index contributed by atoms with van der Waals surface area (Å²) in [4.78, 5) is 14.6. The molecule has 2 saturated heterocycles. The number of hydrogen-bond acceptors (Lipinski definition) is 1. The van der Waals surface area contributed by atoms with Crippen molar-refractivity contribution < 1.29 is 13.6 Å². The van der Waals surface area contributed by atoms with Crippen LogP contribution >= 0.6 is 11.6 Å². The topological polar surface area (TPSA) is 32.3 Å². The summed E-state index contributed by atoms with van der Waals surface area (Å²) in [6.45, 7) is 0.540. The number of alkyl halides is 2. The molecule has 4 fully saturated rings. The number of nitrogens with zero attached hydrogens (tertiary/aromatic N) is 1. The maximum absolute atomic E-state index is 12.5. The van der Waals surface area contributed by atoms with E-state index in [4.69, 9.17) is 11.6 Å². The monoisotopic (exact) mass is 370 g/mol. The molecule has 4 aliphatic rings. The lowest BCUT2D eigenvalue weighted by Gasteiger charge is -2.54. The molecule has 0 aromatic heterocycles. The summed E-state index contributed by atoms with van der Waals surface area (Å²) in [5.74, 6) is 1.34. The second-order valence-electron chi connectivity index (χ2n) is 7.42. The first-order valence-corrected chi connectivity index (χ1v) is 9.42. The summed E-state index contributed by atoms with van der Waals surface area (Å²) in [7, 11) is 0. The van der Waals surface area contributed by atoms with E-state index in [-0.39, 0.29) is 6.03 Å². The van der Waals surface area contributed by atoms with Gasteiger partial charge in [0.15, 0.2) is 0 Å².